The molecule has 0 aromatic heterocycles. The van der Waals surface area contributed by atoms with Crippen LogP contribution in [0.5, 0.6) is 0 Å². The molecule has 1 aliphatic heterocycles. The van der Waals surface area contributed by atoms with Gasteiger partial charge in [-0.25, -0.2) is 0 Å². The molecule has 1 heterocycles. The van der Waals surface area contributed by atoms with Crippen molar-refractivity contribution in [3.05, 3.63) is 35.4 Å². The molecule has 3 nitrogen and oxygen atoms in total. The Morgan fingerprint density at radius 1 is 1.14 bits per heavy atom. The minimum atomic E-state index is -4.07. The molecule has 1 aromatic rings. The van der Waals surface area contributed by atoms with Crippen LogP contribution in [0.4, 0.5) is 13.2 Å². The van der Waals surface area contributed by atoms with Crippen LogP contribution in [-0.4, -0.2) is 41.9 Å². The van der Waals surface area contributed by atoms with Gasteiger partial charge in [0.2, 0.25) is 0 Å². The highest BCUT2D eigenvalue weighted by molar-refractivity contribution is 5.26. The van der Waals surface area contributed by atoms with Crippen molar-refractivity contribution in [1.82, 2.24) is 10.2 Å². The summed E-state index contributed by atoms with van der Waals surface area (Å²) in [5.74, 6) is 0. The summed E-state index contributed by atoms with van der Waals surface area (Å²) in [5.41, 5.74) is 1.99. The van der Waals surface area contributed by atoms with Crippen molar-refractivity contribution in [1.29, 1.82) is 0 Å². The van der Waals surface area contributed by atoms with E-state index >= 15 is 0 Å². The maximum Gasteiger partial charge on any atom is 0.390 e. The molecule has 2 rings (SSSR count). The van der Waals surface area contributed by atoms with Crippen molar-refractivity contribution in [2.24, 2.45) is 0 Å². The van der Waals surface area contributed by atoms with Crippen LogP contribution in [0.25, 0.3) is 0 Å². The monoisotopic (exact) mass is 316 g/mol. The van der Waals surface area contributed by atoms with Crippen molar-refractivity contribution in [3.63, 3.8) is 0 Å². The maximum atomic E-state index is 12.2. The molecule has 0 spiro atoms. The maximum absolute atomic E-state index is 12.2. The second-order valence-corrected chi connectivity index (χ2v) is 5.79. The molecule has 0 saturated carbocycles. The highest BCUT2D eigenvalue weighted by Gasteiger charge is 2.29. The third kappa shape index (κ3) is 5.59. The van der Waals surface area contributed by atoms with E-state index in [9.17, 15) is 18.3 Å². The number of aliphatic hydroxyl groups excluding tert-OH is 1. The quantitative estimate of drug-likeness (QED) is 0.847. The van der Waals surface area contributed by atoms with Crippen LogP contribution < -0.4 is 5.32 Å². The van der Waals surface area contributed by atoms with E-state index in [1.807, 2.05) is 29.2 Å². The van der Waals surface area contributed by atoms with E-state index in [1.165, 1.54) is 0 Å². The Kier molecular flexibility index (Phi) is 6.23. The van der Waals surface area contributed by atoms with Gasteiger partial charge in [-0.05, 0) is 37.1 Å². The van der Waals surface area contributed by atoms with Gasteiger partial charge < -0.3 is 15.3 Å². The molecule has 1 aromatic carbocycles. The second kappa shape index (κ2) is 7.94. The summed E-state index contributed by atoms with van der Waals surface area (Å²) in [4.78, 5) is 1.88. The van der Waals surface area contributed by atoms with Crippen LogP contribution in [-0.2, 0) is 13.2 Å². The number of halogens is 3. The fourth-order valence-electron chi connectivity index (χ4n) is 2.78. The predicted octanol–water partition coefficient (Wildman–Crippen LogP) is 2.69. The Morgan fingerprint density at radius 2 is 1.77 bits per heavy atom. The highest BCUT2D eigenvalue weighted by atomic mass is 19.4. The van der Waals surface area contributed by atoms with Gasteiger partial charge in [-0.2, -0.15) is 13.2 Å². The van der Waals surface area contributed by atoms with Gasteiger partial charge >= 0.3 is 6.18 Å². The van der Waals surface area contributed by atoms with Crippen molar-refractivity contribution < 1.29 is 18.3 Å². The number of hydrogen-bond donors (Lipinski definition) is 2. The number of benzene rings is 1. The summed E-state index contributed by atoms with van der Waals surface area (Å²) in [5, 5.41) is 12.7. The van der Waals surface area contributed by atoms with E-state index in [1.54, 1.807) is 0 Å². The lowest BCUT2D eigenvalue weighted by Crippen LogP contribution is -2.43. The first-order chi connectivity index (χ1) is 10.5. The van der Waals surface area contributed by atoms with Crippen molar-refractivity contribution >= 4 is 0 Å². The summed E-state index contributed by atoms with van der Waals surface area (Å²) in [6.45, 7) is 2.21. The number of rotatable bonds is 6. The molecule has 0 aliphatic carbocycles. The van der Waals surface area contributed by atoms with Crippen molar-refractivity contribution in [2.75, 3.05) is 19.6 Å². The number of alkyl halides is 3. The molecule has 1 saturated heterocycles. The Morgan fingerprint density at radius 3 is 2.36 bits per heavy atom. The van der Waals surface area contributed by atoms with E-state index in [2.05, 4.69) is 5.32 Å². The predicted molar refractivity (Wildman–Crippen MR) is 79.3 cm³/mol. The van der Waals surface area contributed by atoms with Gasteiger partial charge in [-0.3, -0.25) is 0 Å². The first-order valence-corrected chi connectivity index (χ1v) is 7.68. The molecule has 2 N–H and O–H groups in total. The van der Waals surface area contributed by atoms with Gasteiger partial charge in [0.1, 0.15) is 0 Å². The lowest BCUT2D eigenvalue weighted by Gasteiger charge is -2.32. The molecular weight excluding hydrogens is 293 g/mol. The highest BCUT2D eigenvalue weighted by Crippen LogP contribution is 2.21. The molecule has 1 aliphatic rings. The first-order valence-electron chi connectivity index (χ1n) is 7.68. The van der Waals surface area contributed by atoms with E-state index < -0.39 is 12.6 Å². The number of aliphatic hydroxyl groups is 1. The molecule has 6 heteroatoms. The number of nitrogens with one attached hydrogen (secondary N) is 1. The van der Waals surface area contributed by atoms with Gasteiger partial charge in [0.05, 0.1) is 13.0 Å². The molecule has 0 amide bonds. The fourth-order valence-corrected chi connectivity index (χ4v) is 2.78. The molecule has 22 heavy (non-hydrogen) atoms. The summed E-state index contributed by atoms with van der Waals surface area (Å²) < 4.78 is 36.6. The SMILES string of the molecule is OCc1ccccc1CNC1CCN(CCC(F)(F)F)CC1. The number of piperidine rings is 1. The van der Waals surface area contributed by atoms with Crippen LogP contribution in [0, 0.1) is 0 Å². The molecule has 0 atom stereocenters. The summed E-state index contributed by atoms with van der Waals surface area (Å²) in [6.07, 6.45) is -3.07. The Hall–Kier alpha value is -1.11. The van der Waals surface area contributed by atoms with Crippen LogP contribution in [0.15, 0.2) is 24.3 Å². The van der Waals surface area contributed by atoms with Gasteiger partial charge in [-0.1, -0.05) is 24.3 Å². The summed E-state index contributed by atoms with van der Waals surface area (Å²) in [7, 11) is 0. The van der Waals surface area contributed by atoms with Gasteiger partial charge in [-0.15, -0.1) is 0 Å². The molecule has 0 unspecified atom stereocenters. The summed E-state index contributed by atoms with van der Waals surface area (Å²) >= 11 is 0. The standard InChI is InChI=1S/C16H23F3N2O/c17-16(18,19)7-10-21-8-5-15(6-9-21)20-11-13-3-1-2-4-14(13)12-22/h1-4,15,20,22H,5-12H2. The zero-order valence-corrected chi connectivity index (χ0v) is 12.6. The lowest BCUT2D eigenvalue weighted by atomic mass is 10.0. The third-order valence-electron chi connectivity index (χ3n) is 4.17. The molecule has 1 fully saturated rings. The number of likely N-dealkylation sites (tertiary alicyclic amines) is 1. The normalized spacial score (nSPS) is 17.8. The largest absolute Gasteiger partial charge is 0.392 e. The average molecular weight is 316 g/mol. The number of nitrogens with zero attached hydrogens (tertiary/aromatic N) is 1. The van der Waals surface area contributed by atoms with E-state index in [0.717, 1.165) is 24.0 Å². The number of hydrogen-bond acceptors (Lipinski definition) is 3. The third-order valence-corrected chi connectivity index (χ3v) is 4.17. The zero-order valence-electron chi connectivity index (χ0n) is 12.6. The molecule has 124 valence electrons. The van der Waals surface area contributed by atoms with E-state index in [-0.39, 0.29) is 13.2 Å². The minimum absolute atomic E-state index is 0.0216. The fraction of sp³-hybridized carbons (Fsp3) is 0.625. The molecular formula is C16H23F3N2O. The lowest BCUT2D eigenvalue weighted by molar-refractivity contribution is -0.138. The van der Waals surface area contributed by atoms with Gasteiger partial charge in [0.15, 0.2) is 0 Å². The molecule has 0 bridgehead atoms. The Bertz CT molecular complexity index is 457. The molecule has 0 radical (unpaired) electrons. The van der Waals surface area contributed by atoms with Crippen LogP contribution in [0.1, 0.15) is 30.4 Å². The second-order valence-electron chi connectivity index (χ2n) is 5.79. The zero-order chi connectivity index (χ0) is 16.0. The van der Waals surface area contributed by atoms with Gasteiger partial charge in [0.25, 0.3) is 0 Å². The van der Waals surface area contributed by atoms with E-state index in [0.29, 0.717) is 25.7 Å². The van der Waals surface area contributed by atoms with E-state index in [4.69, 9.17) is 0 Å². The average Bonchev–Trinajstić information content (AvgIpc) is 2.51. The van der Waals surface area contributed by atoms with Crippen LogP contribution in [0.3, 0.4) is 0 Å². The Balaban J connectivity index is 1.71. The topological polar surface area (TPSA) is 35.5 Å². The van der Waals surface area contributed by atoms with Crippen LogP contribution in [0.2, 0.25) is 0 Å². The van der Waals surface area contributed by atoms with Gasteiger partial charge in [0, 0.05) is 19.1 Å². The van der Waals surface area contributed by atoms with Crippen molar-refractivity contribution in [2.45, 2.75) is 44.6 Å². The van der Waals surface area contributed by atoms with Crippen LogP contribution >= 0.6 is 0 Å². The summed E-state index contributed by atoms with van der Waals surface area (Å²) in [6, 6.07) is 8.05. The first kappa shape index (κ1) is 17.2. The Labute approximate surface area is 129 Å². The smallest absolute Gasteiger partial charge is 0.390 e. The van der Waals surface area contributed by atoms with Crippen molar-refractivity contribution in [3.8, 4) is 0 Å². The minimum Gasteiger partial charge on any atom is -0.392 e.